The third kappa shape index (κ3) is 6.63. The van der Waals surface area contributed by atoms with Crippen LogP contribution in [0, 0.1) is 12.8 Å². The van der Waals surface area contributed by atoms with Gasteiger partial charge in [-0.1, -0.05) is 31.9 Å². The summed E-state index contributed by atoms with van der Waals surface area (Å²) in [5.41, 5.74) is 0.829. The highest BCUT2D eigenvalue weighted by atomic mass is 35.5. The number of aryl methyl sites for hydroxylation is 1. The van der Waals surface area contributed by atoms with Crippen LogP contribution in [0.15, 0.2) is 18.2 Å². The number of carbonyl (C=O) groups excluding carboxylic acids is 2. The second-order valence-electron chi connectivity index (χ2n) is 5.08. The molecule has 0 N–H and O–H groups in total. The summed E-state index contributed by atoms with van der Waals surface area (Å²) < 4.78 is 10.2. The van der Waals surface area contributed by atoms with E-state index < -0.39 is 5.97 Å². The fourth-order valence-electron chi connectivity index (χ4n) is 1.49. The van der Waals surface area contributed by atoms with E-state index in [1.165, 1.54) is 0 Å². The molecule has 0 amide bonds. The molecule has 1 unspecified atom stereocenters. The lowest BCUT2D eigenvalue weighted by molar-refractivity contribution is -0.147. The summed E-state index contributed by atoms with van der Waals surface area (Å²) in [5.74, 6) is -0.0791. The van der Waals surface area contributed by atoms with Crippen molar-refractivity contribution in [3.63, 3.8) is 0 Å². The van der Waals surface area contributed by atoms with E-state index in [-0.39, 0.29) is 18.8 Å². The molecule has 0 heterocycles. The Balaban J connectivity index is 2.33. The van der Waals surface area contributed by atoms with Crippen LogP contribution in [-0.2, 0) is 14.3 Å². The fraction of sp³-hybridized carbons (Fsp3) is 0.500. The van der Waals surface area contributed by atoms with Gasteiger partial charge in [0, 0.05) is 5.02 Å². The van der Waals surface area contributed by atoms with E-state index >= 15 is 0 Å². The van der Waals surface area contributed by atoms with Crippen LogP contribution >= 0.6 is 11.6 Å². The Morgan fingerprint density at radius 3 is 2.52 bits per heavy atom. The molecule has 21 heavy (non-hydrogen) atoms. The predicted octanol–water partition coefficient (Wildman–Crippen LogP) is 3.92. The summed E-state index contributed by atoms with van der Waals surface area (Å²) in [6, 6.07) is 4.97. The summed E-state index contributed by atoms with van der Waals surface area (Å²) in [7, 11) is 0. The first-order chi connectivity index (χ1) is 9.92. The van der Waals surface area contributed by atoms with Crippen molar-refractivity contribution in [3.05, 3.63) is 28.8 Å². The third-order valence-corrected chi connectivity index (χ3v) is 3.54. The van der Waals surface area contributed by atoms with E-state index in [2.05, 4.69) is 0 Å². The molecule has 0 bridgehead atoms. The molecule has 1 aromatic rings. The topological polar surface area (TPSA) is 52.6 Å². The molecule has 0 saturated heterocycles. The van der Waals surface area contributed by atoms with Crippen molar-refractivity contribution in [1.29, 1.82) is 0 Å². The second-order valence-corrected chi connectivity index (χ2v) is 5.49. The zero-order chi connectivity index (χ0) is 15.8. The molecule has 0 spiro atoms. The van der Waals surface area contributed by atoms with Crippen LogP contribution in [0.1, 0.15) is 38.7 Å². The van der Waals surface area contributed by atoms with Crippen molar-refractivity contribution in [2.45, 2.75) is 40.0 Å². The van der Waals surface area contributed by atoms with Gasteiger partial charge in [0.15, 0.2) is 0 Å². The minimum absolute atomic E-state index is 0.00101. The normalized spacial score (nSPS) is 11.8. The Kier molecular flexibility index (Phi) is 7.23. The van der Waals surface area contributed by atoms with Crippen LogP contribution in [0.3, 0.4) is 0 Å². The maximum atomic E-state index is 11.6. The van der Waals surface area contributed by atoms with Crippen molar-refractivity contribution in [2.24, 2.45) is 5.92 Å². The van der Waals surface area contributed by atoms with Gasteiger partial charge < -0.3 is 9.47 Å². The average molecular weight is 313 g/mol. The minimum Gasteiger partial charge on any atom is -0.465 e. The van der Waals surface area contributed by atoms with E-state index in [0.29, 0.717) is 23.3 Å². The van der Waals surface area contributed by atoms with Crippen molar-refractivity contribution in [1.82, 2.24) is 0 Å². The summed E-state index contributed by atoms with van der Waals surface area (Å²) >= 11 is 5.89. The molecule has 0 fully saturated rings. The van der Waals surface area contributed by atoms with Crippen molar-refractivity contribution < 1.29 is 19.1 Å². The second kappa shape index (κ2) is 8.67. The van der Waals surface area contributed by atoms with Gasteiger partial charge >= 0.3 is 11.9 Å². The van der Waals surface area contributed by atoms with Crippen LogP contribution in [0.5, 0.6) is 5.75 Å². The number of carbonyl (C=O) groups is 2. The summed E-state index contributed by atoms with van der Waals surface area (Å²) in [6.45, 7) is 6.25. The number of ether oxygens (including phenoxy) is 2. The van der Waals surface area contributed by atoms with Crippen molar-refractivity contribution in [3.8, 4) is 5.75 Å². The number of halogens is 1. The lowest BCUT2D eigenvalue weighted by atomic mass is 10.1. The molecular weight excluding hydrogens is 292 g/mol. The molecule has 0 saturated carbocycles. The summed E-state index contributed by atoms with van der Waals surface area (Å²) in [4.78, 5) is 23.1. The molecule has 0 aliphatic heterocycles. The Bertz CT molecular complexity index is 499. The molecule has 1 atom stereocenters. The molecule has 116 valence electrons. The highest BCUT2D eigenvalue weighted by Crippen LogP contribution is 2.21. The Morgan fingerprint density at radius 1 is 1.24 bits per heavy atom. The molecular formula is C16H21ClO4. The van der Waals surface area contributed by atoms with Gasteiger partial charge in [0.25, 0.3) is 0 Å². The van der Waals surface area contributed by atoms with E-state index in [1.54, 1.807) is 18.2 Å². The van der Waals surface area contributed by atoms with Gasteiger partial charge in [0.1, 0.15) is 5.75 Å². The Hall–Kier alpha value is -1.55. The van der Waals surface area contributed by atoms with Crippen LogP contribution < -0.4 is 4.74 Å². The molecule has 0 aromatic heterocycles. The predicted molar refractivity (Wildman–Crippen MR) is 81.5 cm³/mol. The number of esters is 2. The zero-order valence-electron chi connectivity index (χ0n) is 12.6. The van der Waals surface area contributed by atoms with Gasteiger partial charge in [0.2, 0.25) is 0 Å². The third-order valence-electron chi connectivity index (χ3n) is 3.12. The SMILES string of the molecule is CCC(C)COC(=O)CCC(=O)Oc1ccc(Cl)c(C)c1. The lowest BCUT2D eigenvalue weighted by Crippen LogP contribution is -2.15. The Labute approximate surface area is 130 Å². The first-order valence-corrected chi connectivity index (χ1v) is 7.42. The van der Waals surface area contributed by atoms with Gasteiger partial charge in [-0.3, -0.25) is 9.59 Å². The highest BCUT2D eigenvalue weighted by Gasteiger charge is 2.11. The largest absolute Gasteiger partial charge is 0.465 e. The number of benzene rings is 1. The van der Waals surface area contributed by atoms with E-state index in [0.717, 1.165) is 12.0 Å². The lowest BCUT2D eigenvalue weighted by Gasteiger charge is -2.09. The minimum atomic E-state index is -0.461. The van der Waals surface area contributed by atoms with Crippen LogP contribution in [0.25, 0.3) is 0 Å². The number of rotatable bonds is 7. The molecule has 0 aliphatic rings. The van der Waals surface area contributed by atoms with Gasteiger partial charge in [-0.25, -0.2) is 0 Å². The van der Waals surface area contributed by atoms with Crippen LogP contribution in [0.2, 0.25) is 5.02 Å². The van der Waals surface area contributed by atoms with E-state index in [1.807, 2.05) is 20.8 Å². The maximum absolute atomic E-state index is 11.6. The number of hydrogen-bond acceptors (Lipinski definition) is 4. The van der Waals surface area contributed by atoms with Crippen LogP contribution in [0.4, 0.5) is 0 Å². The molecule has 0 aliphatic carbocycles. The molecule has 5 heteroatoms. The monoisotopic (exact) mass is 312 g/mol. The standard InChI is InChI=1S/C16H21ClO4/c1-4-11(2)10-20-15(18)7-8-16(19)21-13-5-6-14(17)12(3)9-13/h5-6,9,11H,4,7-8,10H2,1-3H3. The zero-order valence-corrected chi connectivity index (χ0v) is 13.4. The maximum Gasteiger partial charge on any atom is 0.311 e. The molecule has 1 rings (SSSR count). The quantitative estimate of drug-likeness (QED) is 0.565. The summed E-state index contributed by atoms with van der Waals surface area (Å²) in [5, 5.41) is 0.614. The highest BCUT2D eigenvalue weighted by molar-refractivity contribution is 6.31. The Morgan fingerprint density at radius 2 is 1.90 bits per heavy atom. The van der Waals surface area contributed by atoms with Crippen molar-refractivity contribution >= 4 is 23.5 Å². The first kappa shape index (κ1) is 17.5. The van der Waals surface area contributed by atoms with Crippen LogP contribution in [-0.4, -0.2) is 18.5 Å². The van der Waals surface area contributed by atoms with Gasteiger partial charge in [-0.15, -0.1) is 0 Å². The van der Waals surface area contributed by atoms with Gasteiger partial charge in [-0.2, -0.15) is 0 Å². The first-order valence-electron chi connectivity index (χ1n) is 7.04. The van der Waals surface area contributed by atoms with E-state index in [9.17, 15) is 9.59 Å². The van der Waals surface area contributed by atoms with E-state index in [4.69, 9.17) is 21.1 Å². The fourth-order valence-corrected chi connectivity index (χ4v) is 1.61. The average Bonchev–Trinajstić information content (AvgIpc) is 2.46. The summed E-state index contributed by atoms with van der Waals surface area (Å²) in [6.07, 6.45) is 0.980. The van der Waals surface area contributed by atoms with Crippen molar-refractivity contribution in [2.75, 3.05) is 6.61 Å². The molecule has 1 aromatic carbocycles. The number of hydrogen-bond donors (Lipinski definition) is 0. The molecule has 0 radical (unpaired) electrons. The van der Waals surface area contributed by atoms with Gasteiger partial charge in [0.05, 0.1) is 19.4 Å². The molecule has 4 nitrogen and oxygen atoms in total. The van der Waals surface area contributed by atoms with Gasteiger partial charge in [-0.05, 0) is 36.6 Å². The smallest absolute Gasteiger partial charge is 0.311 e.